The fraction of sp³-hybridized carbons (Fsp3) is 0.364. The van der Waals surface area contributed by atoms with Crippen molar-refractivity contribution in [1.82, 2.24) is 0 Å². The first-order valence-electron chi connectivity index (χ1n) is 5.09. The van der Waals surface area contributed by atoms with Crippen LogP contribution in [0.5, 0.6) is 0 Å². The molecule has 0 saturated heterocycles. The van der Waals surface area contributed by atoms with Crippen LogP contribution in [0.25, 0.3) is 0 Å². The van der Waals surface area contributed by atoms with Gasteiger partial charge in [-0.05, 0) is 13.0 Å². The van der Waals surface area contributed by atoms with Gasteiger partial charge in [-0.1, -0.05) is 12.1 Å². The van der Waals surface area contributed by atoms with Gasteiger partial charge in [-0.2, -0.15) is 0 Å². The zero-order valence-electron chi connectivity index (χ0n) is 9.26. The van der Waals surface area contributed by atoms with Crippen molar-refractivity contribution in [1.29, 1.82) is 0 Å². The van der Waals surface area contributed by atoms with Crippen molar-refractivity contribution >= 4 is 11.7 Å². The van der Waals surface area contributed by atoms with E-state index in [0.29, 0.717) is 0 Å². The number of carbonyl (C=O) groups excluding carboxylic acids is 1. The van der Waals surface area contributed by atoms with Crippen LogP contribution in [0.2, 0.25) is 0 Å². The lowest BCUT2D eigenvalue weighted by Gasteiger charge is -2.08. The molecule has 1 aromatic rings. The fourth-order valence-electron chi connectivity index (χ4n) is 1.39. The average Bonchev–Trinajstić information content (AvgIpc) is 2.29. The van der Waals surface area contributed by atoms with Gasteiger partial charge in [-0.15, -0.1) is 0 Å². The second-order valence-corrected chi connectivity index (χ2v) is 3.29. The number of carbonyl (C=O) groups is 1. The number of nitro groups is 1. The van der Waals surface area contributed by atoms with Crippen LogP contribution in [-0.4, -0.2) is 17.5 Å². The first-order chi connectivity index (χ1) is 8.06. The summed E-state index contributed by atoms with van der Waals surface area (Å²) in [4.78, 5) is 21.1. The molecular weight excluding hydrogens is 229 g/mol. The molecule has 0 amide bonds. The van der Waals surface area contributed by atoms with Gasteiger partial charge in [0, 0.05) is 6.07 Å². The topological polar surface area (TPSA) is 69.4 Å². The summed E-state index contributed by atoms with van der Waals surface area (Å²) in [6.07, 6.45) is -2.24. The lowest BCUT2D eigenvalue weighted by molar-refractivity contribution is -0.386. The number of esters is 1. The number of hydrogen-bond donors (Lipinski definition) is 0. The second kappa shape index (κ2) is 5.93. The Kier molecular flexibility index (Phi) is 4.56. The van der Waals surface area contributed by atoms with Crippen LogP contribution >= 0.6 is 0 Å². The molecule has 0 radical (unpaired) electrons. The summed E-state index contributed by atoms with van der Waals surface area (Å²) in [5.41, 5.74) is -0.435. The van der Waals surface area contributed by atoms with Crippen LogP contribution in [-0.2, 0) is 9.53 Å². The highest BCUT2D eigenvalue weighted by Crippen LogP contribution is 2.29. The van der Waals surface area contributed by atoms with Crippen molar-refractivity contribution in [2.45, 2.75) is 19.5 Å². The maximum atomic E-state index is 13.7. The maximum Gasteiger partial charge on any atom is 0.309 e. The van der Waals surface area contributed by atoms with Gasteiger partial charge >= 0.3 is 5.97 Å². The molecule has 0 aromatic heterocycles. The summed E-state index contributed by atoms with van der Waals surface area (Å²) < 4.78 is 18.3. The summed E-state index contributed by atoms with van der Waals surface area (Å²) in [5, 5.41) is 10.7. The van der Waals surface area contributed by atoms with E-state index in [1.54, 1.807) is 6.92 Å². The molecule has 1 rings (SSSR count). The molecule has 1 atom stereocenters. The van der Waals surface area contributed by atoms with Gasteiger partial charge in [-0.25, -0.2) is 4.39 Å². The third-order valence-corrected chi connectivity index (χ3v) is 2.12. The van der Waals surface area contributed by atoms with Crippen molar-refractivity contribution in [3.8, 4) is 0 Å². The third-order valence-electron chi connectivity index (χ3n) is 2.12. The molecule has 0 fully saturated rings. The maximum absolute atomic E-state index is 13.7. The molecule has 0 aliphatic heterocycles. The van der Waals surface area contributed by atoms with Crippen molar-refractivity contribution in [3.63, 3.8) is 0 Å². The molecular formula is C11H12FNO4. The molecule has 0 aliphatic carbocycles. The lowest BCUT2D eigenvalue weighted by atomic mass is 10.1. The first-order valence-corrected chi connectivity index (χ1v) is 5.09. The van der Waals surface area contributed by atoms with Crippen LogP contribution in [0, 0.1) is 10.1 Å². The molecule has 5 nitrogen and oxygen atoms in total. The quantitative estimate of drug-likeness (QED) is 0.451. The smallest absolute Gasteiger partial charge is 0.309 e. The highest BCUT2D eigenvalue weighted by molar-refractivity contribution is 5.70. The largest absolute Gasteiger partial charge is 0.466 e. The molecule has 0 bridgehead atoms. The van der Waals surface area contributed by atoms with E-state index in [1.807, 2.05) is 0 Å². The molecule has 0 aliphatic rings. The number of rotatable bonds is 5. The van der Waals surface area contributed by atoms with E-state index in [4.69, 9.17) is 0 Å². The van der Waals surface area contributed by atoms with Crippen LogP contribution in [0.3, 0.4) is 0 Å². The molecule has 1 unspecified atom stereocenters. The summed E-state index contributed by atoms with van der Waals surface area (Å²) in [6, 6.07) is 5.42. The van der Waals surface area contributed by atoms with E-state index in [-0.39, 0.29) is 17.9 Å². The normalized spacial score (nSPS) is 11.9. The first kappa shape index (κ1) is 13.1. The number of nitrogens with zero attached hydrogens (tertiary/aromatic N) is 1. The number of hydrogen-bond acceptors (Lipinski definition) is 4. The fourth-order valence-corrected chi connectivity index (χ4v) is 1.39. The molecule has 6 heteroatoms. The van der Waals surface area contributed by atoms with Gasteiger partial charge in [0.2, 0.25) is 0 Å². The van der Waals surface area contributed by atoms with Gasteiger partial charge in [0.15, 0.2) is 0 Å². The van der Waals surface area contributed by atoms with Crippen molar-refractivity contribution < 1.29 is 18.8 Å². The van der Waals surface area contributed by atoms with Gasteiger partial charge in [0.05, 0.1) is 23.5 Å². The van der Waals surface area contributed by atoms with Gasteiger partial charge in [0.25, 0.3) is 5.69 Å². The van der Waals surface area contributed by atoms with Crippen LogP contribution in [0.4, 0.5) is 10.1 Å². The van der Waals surface area contributed by atoms with Gasteiger partial charge < -0.3 is 4.74 Å². The Morgan fingerprint density at radius 2 is 2.18 bits per heavy atom. The Bertz CT molecular complexity index is 422. The Morgan fingerprint density at radius 1 is 1.53 bits per heavy atom. The van der Waals surface area contributed by atoms with E-state index in [2.05, 4.69) is 4.74 Å². The van der Waals surface area contributed by atoms with Crippen molar-refractivity contribution in [2.75, 3.05) is 6.61 Å². The van der Waals surface area contributed by atoms with E-state index >= 15 is 0 Å². The molecule has 0 heterocycles. The molecule has 92 valence electrons. The highest BCUT2D eigenvalue weighted by atomic mass is 19.1. The van der Waals surface area contributed by atoms with E-state index < -0.39 is 23.5 Å². The number of ether oxygens (including phenoxy) is 1. The Labute approximate surface area is 97.3 Å². The number of alkyl halides is 1. The Balaban J connectivity index is 2.85. The highest BCUT2D eigenvalue weighted by Gasteiger charge is 2.23. The summed E-state index contributed by atoms with van der Waals surface area (Å²) in [7, 11) is 0. The molecule has 0 saturated carbocycles. The Morgan fingerprint density at radius 3 is 2.76 bits per heavy atom. The predicted octanol–water partition coefficient (Wildman–Crippen LogP) is 2.56. The average molecular weight is 241 g/mol. The number of nitro benzene ring substituents is 1. The van der Waals surface area contributed by atoms with Crippen LogP contribution in [0.15, 0.2) is 24.3 Å². The molecule has 17 heavy (non-hydrogen) atoms. The molecule has 0 N–H and O–H groups in total. The SMILES string of the molecule is CCOC(=O)CC(F)c1ccccc1[N+](=O)[O-]. The zero-order chi connectivity index (χ0) is 12.8. The monoisotopic (exact) mass is 241 g/mol. The van der Waals surface area contributed by atoms with Crippen LogP contribution < -0.4 is 0 Å². The number of para-hydroxylation sites is 1. The summed E-state index contributed by atoms with van der Waals surface area (Å²) in [6.45, 7) is 1.76. The minimum atomic E-state index is -1.73. The minimum Gasteiger partial charge on any atom is -0.466 e. The molecule has 1 aromatic carbocycles. The minimum absolute atomic E-state index is 0.106. The number of benzene rings is 1. The lowest BCUT2D eigenvalue weighted by Crippen LogP contribution is -2.08. The van der Waals surface area contributed by atoms with E-state index in [1.165, 1.54) is 24.3 Å². The van der Waals surface area contributed by atoms with Gasteiger partial charge in [0.1, 0.15) is 6.17 Å². The van der Waals surface area contributed by atoms with E-state index in [9.17, 15) is 19.3 Å². The van der Waals surface area contributed by atoms with E-state index in [0.717, 1.165) is 0 Å². The van der Waals surface area contributed by atoms with Gasteiger partial charge in [-0.3, -0.25) is 14.9 Å². The standard InChI is InChI=1S/C11H12FNO4/c1-2-17-11(14)7-9(12)8-5-3-4-6-10(8)13(15)16/h3-6,9H,2,7H2,1H3. The predicted molar refractivity (Wildman–Crippen MR) is 58.2 cm³/mol. The second-order valence-electron chi connectivity index (χ2n) is 3.29. The summed E-state index contributed by atoms with van der Waals surface area (Å²) >= 11 is 0. The Hall–Kier alpha value is -1.98. The zero-order valence-corrected chi connectivity index (χ0v) is 9.26. The molecule has 0 spiro atoms. The number of halogens is 1. The third kappa shape index (κ3) is 3.51. The summed E-state index contributed by atoms with van der Waals surface area (Å²) in [5.74, 6) is -0.710. The van der Waals surface area contributed by atoms with Crippen molar-refractivity contribution in [2.24, 2.45) is 0 Å². The van der Waals surface area contributed by atoms with Crippen molar-refractivity contribution in [3.05, 3.63) is 39.9 Å². The van der Waals surface area contributed by atoms with Crippen LogP contribution in [0.1, 0.15) is 25.1 Å².